The van der Waals surface area contributed by atoms with Gasteiger partial charge in [-0.3, -0.25) is 0 Å². The summed E-state index contributed by atoms with van der Waals surface area (Å²) in [6.07, 6.45) is -1.13. The highest BCUT2D eigenvalue weighted by atomic mass is 19.1. The van der Waals surface area contributed by atoms with Crippen molar-refractivity contribution < 1.29 is 14.6 Å². The van der Waals surface area contributed by atoms with Crippen molar-refractivity contribution in [2.75, 3.05) is 0 Å². The minimum absolute atomic E-state index is 0.381. The lowest BCUT2D eigenvalue weighted by Gasteiger charge is -2.23. The molecule has 2 nitrogen and oxygen atoms in total. The summed E-state index contributed by atoms with van der Waals surface area (Å²) in [5.74, 6) is 5.11. The zero-order valence-electron chi connectivity index (χ0n) is 13.4. The van der Waals surface area contributed by atoms with Gasteiger partial charge in [0.15, 0.2) is 5.60 Å². The first-order chi connectivity index (χ1) is 12.1. The van der Waals surface area contributed by atoms with Gasteiger partial charge in [0.25, 0.3) is 0 Å². The predicted octanol–water partition coefficient (Wildman–Crippen LogP) is 3.80. The van der Waals surface area contributed by atoms with Crippen LogP contribution in [0, 0.1) is 17.7 Å². The normalized spacial score (nSPS) is 12.1. The van der Waals surface area contributed by atoms with E-state index in [2.05, 4.69) is 11.8 Å². The van der Waals surface area contributed by atoms with E-state index >= 15 is 0 Å². The van der Waals surface area contributed by atoms with Gasteiger partial charge in [-0.2, -0.15) is 0 Å². The smallest absolute Gasteiger partial charge is 0.176 e. The second kappa shape index (κ2) is 7.31. The van der Waals surface area contributed by atoms with Crippen LogP contribution in [0.4, 0.5) is 4.39 Å². The van der Waals surface area contributed by atoms with Crippen molar-refractivity contribution in [2.45, 2.75) is 11.7 Å². The summed E-state index contributed by atoms with van der Waals surface area (Å²) in [7, 11) is 0. The van der Waals surface area contributed by atoms with Crippen LogP contribution < -0.4 is 0 Å². The van der Waals surface area contributed by atoms with Crippen LogP contribution in [0.1, 0.15) is 22.8 Å². The number of rotatable bonds is 3. The fraction of sp³-hybridized carbons (Fsp3) is 0.0909. The Balaban J connectivity index is 2.01. The van der Waals surface area contributed by atoms with E-state index in [4.69, 9.17) is 0 Å². The first-order valence-corrected chi connectivity index (χ1v) is 7.89. The molecule has 124 valence electrons. The molecule has 0 heterocycles. The van der Waals surface area contributed by atoms with Gasteiger partial charge in [0.05, 0.1) is 0 Å². The van der Waals surface area contributed by atoms with E-state index in [1.165, 1.54) is 24.3 Å². The molecule has 3 aromatic carbocycles. The monoisotopic (exact) mass is 332 g/mol. The summed E-state index contributed by atoms with van der Waals surface area (Å²) in [4.78, 5) is 0. The molecule has 0 aromatic heterocycles. The Morgan fingerprint density at radius 1 is 0.760 bits per heavy atom. The minimum atomic E-state index is -1.55. The van der Waals surface area contributed by atoms with Gasteiger partial charge in [-0.05, 0) is 17.7 Å². The molecule has 3 aromatic rings. The van der Waals surface area contributed by atoms with Crippen molar-refractivity contribution in [3.05, 3.63) is 107 Å². The molecule has 0 bridgehead atoms. The second-order valence-corrected chi connectivity index (χ2v) is 5.67. The van der Waals surface area contributed by atoms with E-state index in [0.29, 0.717) is 16.7 Å². The first-order valence-electron chi connectivity index (χ1n) is 7.89. The van der Waals surface area contributed by atoms with E-state index in [1.807, 2.05) is 36.4 Å². The maximum Gasteiger partial charge on any atom is 0.176 e. The Hall–Kier alpha value is -2.93. The Labute approximate surface area is 146 Å². The largest absolute Gasteiger partial charge is 0.376 e. The van der Waals surface area contributed by atoms with E-state index < -0.39 is 11.7 Å². The number of aliphatic hydroxyl groups is 2. The third kappa shape index (κ3) is 3.77. The fourth-order valence-electron chi connectivity index (χ4n) is 2.57. The molecule has 0 aliphatic heterocycles. The molecule has 0 amide bonds. The second-order valence-electron chi connectivity index (χ2n) is 5.67. The summed E-state index contributed by atoms with van der Waals surface area (Å²) in [6.45, 7) is 0. The fourth-order valence-corrected chi connectivity index (χ4v) is 2.57. The quantitative estimate of drug-likeness (QED) is 0.716. The standard InChI is InChI=1S/C22H17FO2/c23-20-13-11-17(12-14-20)21(24)15-16-22(25,18-7-3-1-4-8-18)19-9-5-2-6-10-19/h1-14,21,24-25H. The molecule has 2 N–H and O–H groups in total. The van der Waals surface area contributed by atoms with Crippen LogP contribution in [0.3, 0.4) is 0 Å². The van der Waals surface area contributed by atoms with Crippen LogP contribution >= 0.6 is 0 Å². The summed E-state index contributed by atoms with van der Waals surface area (Å²) in [5.41, 5.74) is 0.140. The Morgan fingerprint density at radius 3 is 1.72 bits per heavy atom. The molecule has 0 spiro atoms. The van der Waals surface area contributed by atoms with Crippen molar-refractivity contribution in [3.63, 3.8) is 0 Å². The third-order valence-electron chi connectivity index (χ3n) is 3.96. The van der Waals surface area contributed by atoms with Crippen LogP contribution in [0.5, 0.6) is 0 Å². The summed E-state index contributed by atoms with van der Waals surface area (Å²) >= 11 is 0. The Kier molecular flexibility index (Phi) is 4.95. The van der Waals surface area contributed by atoms with Gasteiger partial charge in [-0.15, -0.1) is 0 Å². The molecule has 0 saturated heterocycles. The SMILES string of the molecule is OC(C#CC(O)(c1ccccc1)c1ccccc1)c1ccc(F)cc1. The van der Waals surface area contributed by atoms with Crippen LogP contribution in [0.2, 0.25) is 0 Å². The molecular formula is C22H17FO2. The van der Waals surface area contributed by atoms with E-state index in [-0.39, 0.29) is 5.82 Å². The number of halogens is 1. The predicted molar refractivity (Wildman–Crippen MR) is 95.0 cm³/mol. The van der Waals surface area contributed by atoms with E-state index in [9.17, 15) is 14.6 Å². The van der Waals surface area contributed by atoms with Gasteiger partial charge in [0, 0.05) is 11.1 Å². The van der Waals surface area contributed by atoms with Gasteiger partial charge in [-0.25, -0.2) is 4.39 Å². The van der Waals surface area contributed by atoms with Crippen molar-refractivity contribution in [1.29, 1.82) is 0 Å². The molecule has 3 heteroatoms. The lowest BCUT2D eigenvalue weighted by molar-refractivity contribution is 0.144. The maximum absolute atomic E-state index is 13.0. The number of benzene rings is 3. The summed E-state index contributed by atoms with van der Waals surface area (Å²) in [5, 5.41) is 21.5. The maximum atomic E-state index is 13.0. The number of hydrogen-bond donors (Lipinski definition) is 2. The average Bonchev–Trinajstić information content (AvgIpc) is 2.68. The van der Waals surface area contributed by atoms with Crippen molar-refractivity contribution in [2.24, 2.45) is 0 Å². The summed E-state index contributed by atoms with van der Waals surface area (Å²) < 4.78 is 13.0. The number of aliphatic hydroxyl groups excluding tert-OH is 1. The average molecular weight is 332 g/mol. The van der Waals surface area contributed by atoms with Gasteiger partial charge >= 0.3 is 0 Å². The van der Waals surface area contributed by atoms with Gasteiger partial charge < -0.3 is 10.2 Å². The minimum Gasteiger partial charge on any atom is -0.376 e. The molecule has 1 unspecified atom stereocenters. The van der Waals surface area contributed by atoms with Gasteiger partial charge in [0.2, 0.25) is 0 Å². The zero-order chi connectivity index (χ0) is 17.7. The molecule has 0 radical (unpaired) electrons. The molecule has 0 aliphatic rings. The van der Waals surface area contributed by atoms with Crippen LogP contribution in [0.25, 0.3) is 0 Å². The first kappa shape index (κ1) is 16.9. The Bertz CT molecular complexity index is 839. The molecule has 3 rings (SSSR count). The third-order valence-corrected chi connectivity index (χ3v) is 3.96. The molecule has 0 aliphatic carbocycles. The molecule has 0 fully saturated rings. The highest BCUT2D eigenvalue weighted by molar-refractivity contribution is 5.45. The lowest BCUT2D eigenvalue weighted by Crippen LogP contribution is -2.25. The van der Waals surface area contributed by atoms with Crippen LogP contribution in [-0.4, -0.2) is 10.2 Å². The van der Waals surface area contributed by atoms with Crippen LogP contribution in [0.15, 0.2) is 84.9 Å². The molecule has 1 atom stereocenters. The molecule has 0 saturated carbocycles. The molecular weight excluding hydrogens is 315 g/mol. The van der Waals surface area contributed by atoms with Crippen LogP contribution in [-0.2, 0) is 5.60 Å². The topological polar surface area (TPSA) is 40.5 Å². The van der Waals surface area contributed by atoms with Gasteiger partial charge in [0.1, 0.15) is 11.9 Å². The van der Waals surface area contributed by atoms with E-state index in [1.54, 1.807) is 24.3 Å². The van der Waals surface area contributed by atoms with Gasteiger partial charge in [-0.1, -0.05) is 84.6 Å². The zero-order valence-corrected chi connectivity index (χ0v) is 13.4. The Morgan fingerprint density at radius 2 is 1.24 bits per heavy atom. The van der Waals surface area contributed by atoms with Crippen molar-refractivity contribution >= 4 is 0 Å². The number of hydrogen-bond acceptors (Lipinski definition) is 2. The summed E-state index contributed by atoms with van der Waals surface area (Å²) in [6, 6.07) is 23.6. The lowest BCUT2D eigenvalue weighted by atomic mass is 9.86. The van der Waals surface area contributed by atoms with Crippen molar-refractivity contribution in [3.8, 4) is 11.8 Å². The van der Waals surface area contributed by atoms with E-state index in [0.717, 1.165) is 0 Å². The molecule has 25 heavy (non-hydrogen) atoms. The highest BCUT2D eigenvalue weighted by Gasteiger charge is 2.29. The highest BCUT2D eigenvalue weighted by Crippen LogP contribution is 2.29. The van der Waals surface area contributed by atoms with Crippen molar-refractivity contribution in [1.82, 2.24) is 0 Å².